The zero-order chi connectivity index (χ0) is 21.0. The Morgan fingerprint density at radius 2 is 1.72 bits per heavy atom. The minimum absolute atomic E-state index is 0.115. The summed E-state index contributed by atoms with van der Waals surface area (Å²) in [5.41, 5.74) is 1.81. The van der Waals surface area contributed by atoms with Crippen molar-refractivity contribution in [2.45, 2.75) is 111 Å². The fourth-order valence-corrected chi connectivity index (χ4v) is 8.74. The molecular weight excluding hydrogens is 356 g/mol. The second kappa shape index (κ2) is 7.97. The van der Waals surface area contributed by atoms with E-state index in [0.29, 0.717) is 11.3 Å². The van der Waals surface area contributed by atoms with Gasteiger partial charge in [-0.15, -0.1) is 0 Å². The average molecular weight is 403 g/mol. The van der Waals surface area contributed by atoms with Gasteiger partial charge in [-0.2, -0.15) is 0 Å². The van der Waals surface area contributed by atoms with E-state index in [1.54, 1.807) is 0 Å². The minimum Gasteiger partial charge on any atom is -0.390 e. The molecule has 0 heterocycles. The third-order valence-electron chi connectivity index (χ3n) is 10.4. The molecule has 3 fully saturated rings. The van der Waals surface area contributed by atoms with Crippen LogP contribution in [0.3, 0.4) is 0 Å². The molecule has 0 aliphatic heterocycles. The summed E-state index contributed by atoms with van der Waals surface area (Å²) in [6.45, 7) is 12.3. The first-order chi connectivity index (χ1) is 13.7. The zero-order valence-corrected chi connectivity index (χ0v) is 19.7. The van der Waals surface area contributed by atoms with Crippen molar-refractivity contribution in [1.29, 1.82) is 0 Å². The van der Waals surface area contributed by atoms with E-state index >= 15 is 0 Å². The summed E-state index contributed by atoms with van der Waals surface area (Å²) in [4.78, 5) is 0. The van der Waals surface area contributed by atoms with Gasteiger partial charge in [0.15, 0.2) is 0 Å². The molecule has 2 heteroatoms. The molecule has 2 N–H and O–H groups in total. The minimum atomic E-state index is -0.625. The Morgan fingerprint density at radius 3 is 2.45 bits per heavy atom. The summed E-state index contributed by atoms with van der Waals surface area (Å²) in [5, 5.41) is 20.9. The highest BCUT2D eigenvalue weighted by Gasteiger charge is 2.60. The van der Waals surface area contributed by atoms with Crippen LogP contribution >= 0.6 is 0 Å². The first kappa shape index (κ1) is 21.9. The van der Waals surface area contributed by atoms with Crippen molar-refractivity contribution in [3.8, 4) is 0 Å². The second-order valence-corrected chi connectivity index (χ2v) is 12.3. The molecule has 3 saturated carbocycles. The van der Waals surface area contributed by atoms with Gasteiger partial charge >= 0.3 is 0 Å². The molecule has 4 rings (SSSR count). The lowest BCUT2D eigenvalue weighted by molar-refractivity contribution is -0.0801. The Labute approximate surface area is 179 Å². The molecule has 0 bridgehead atoms. The molecule has 9 atom stereocenters. The van der Waals surface area contributed by atoms with E-state index in [1.807, 2.05) is 0 Å². The maximum absolute atomic E-state index is 10.7. The monoisotopic (exact) mass is 402 g/mol. The van der Waals surface area contributed by atoms with Crippen molar-refractivity contribution in [2.24, 2.45) is 46.3 Å². The third kappa shape index (κ3) is 3.55. The van der Waals surface area contributed by atoms with E-state index in [-0.39, 0.29) is 5.41 Å². The molecule has 1 unspecified atom stereocenters. The van der Waals surface area contributed by atoms with Gasteiger partial charge < -0.3 is 10.2 Å². The van der Waals surface area contributed by atoms with E-state index < -0.39 is 12.2 Å². The van der Waals surface area contributed by atoms with Crippen LogP contribution in [0, 0.1) is 46.3 Å². The fourth-order valence-electron chi connectivity index (χ4n) is 8.74. The van der Waals surface area contributed by atoms with Crippen molar-refractivity contribution in [3.05, 3.63) is 11.6 Å². The number of hydrogen-bond donors (Lipinski definition) is 2. The number of fused-ring (bicyclic) bond motifs is 5. The highest BCUT2D eigenvalue weighted by Crippen LogP contribution is 2.67. The number of rotatable bonds is 5. The van der Waals surface area contributed by atoms with Gasteiger partial charge in [0.25, 0.3) is 0 Å². The fraction of sp³-hybridized carbons (Fsp3) is 0.926. The highest BCUT2D eigenvalue weighted by molar-refractivity contribution is 5.29. The van der Waals surface area contributed by atoms with Crippen LogP contribution in [0.25, 0.3) is 0 Å². The topological polar surface area (TPSA) is 40.5 Å². The Hall–Kier alpha value is -0.340. The summed E-state index contributed by atoms with van der Waals surface area (Å²) in [5.74, 6) is 4.95. The molecular formula is C27H46O2. The van der Waals surface area contributed by atoms with Gasteiger partial charge in [0.05, 0.1) is 6.10 Å². The second-order valence-electron chi connectivity index (χ2n) is 12.3. The molecule has 166 valence electrons. The van der Waals surface area contributed by atoms with Gasteiger partial charge in [-0.1, -0.05) is 60.0 Å². The van der Waals surface area contributed by atoms with Crippen LogP contribution in [-0.2, 0) is 0 Å². The Morgan fingerprint density at radius 1 is 0.966 bits per heavy atom. The molecule has 0 radical (unpaired) electrons. The first-order valence-corrected chi connectivity index (χ1v) is 12.7. The van der Waals surface area contributed by atoms with Gasteiger partial charge in [0.1, 0.15) is 6.10 Å². The highest BCUT2D eigenvalue weighted by atomic mass is 16.3. The quantitative estimate of drug-likeness (QED) is 0.525. The maximum atomic E-state index is 10.7. The number of hydrogen-bond acceptors (Lipinski definition) is 2. The molecule has 2 nitrogen and oxygen atoms in total. The molecule has 29 heavy (non-hydrogen) atoms. The van der Waals surface area contributed by atoms with Crippen LogP contribution in [0.5, 0.6) is 0 Å². The normalized spacial score (nSPS) is 47.9. The molecule has 4 aliphatic rings. The van der Waals surface area contributed by atoms with E-state index in [2.05, 4.69) is 40.7 Å². The van der Waals surface area contributed by atoms with Crippen molar-refractivity contribution in [1.82, 2.24) is 0 Å². The summed E-state index contributed by atoms with van der Waals surface area (Å²) in [6.07, 6.45) is 13.9. The molecule has 0 saturated heterocycles. The summed E-state index contributed by atoms with van der Waals surface area (Å²) < 4.78 is 0. The van der Waals surface area contributed by atoms with Crippen LogP contribution in [0.2, 0.25) is 0 Å². The predicted molar refractivity (Wildman–Crippen MR) is 120 cm³/mol. The Bertz CT molecular complexity index is 624. The lowest BCUT2D eigenvalue weighted by atomic mass is 9.46. The zero-order valence-electron chi connectivity index (χ0n) is 19.7. The molecule has 4 aliphatic carbocycles. The number of aliphatic hydroxyl groups excluding tert-OH is 2. The summed E-state index contributed by atoms with van der Waals surface area (Å²) in [6, 6.07) is 0. The van der Waals surface area contributed by atoms with Gasteiger partial charge in [-0.25, -0.2) is 0 Å². The van der Waals surface area contributed by atoms with Crippen LogP contribution in [-0.4, -0.2) is 22.4 Å². The largest absolute Gasteiger partial charge is 0.390 e. The van der Waals surface area contributed by atoms with Crippen LogP contribution in [0.4, 0.5) is 0 Å². The van der Waals surface area contributed by atoms with Crippen molar-refractivity contribution in [2.75, 3.05) is 0 Å². The average Bonchev–Trinajstić information content (AvgIpc) is 3.02. The van der Waals surface area contributed by atoms with Crippen molar-refractivity contribution >= 4 is 0 Å². The lowest BCUT2D eigenvalue weighted by Gasteiger charge is -2.59. The molecule has 0 spiro atoms. The smallest absolute Gasteiger partial charge is 0.101 e. The summed E-state index contributed by atoms with van der Waals surface area (Å²) in [7, 11) is 0. The standard InChI is InChI=1S/C27H46O2/c1-17(2)7-6-8-18(3)20-11-12-21-19-9-10-23-25(29)24(28)14-16-27(23,5)22(19)13-15-26(20,21)4/h10,17-22,24-25,28-29H,6-9,11-16H2,1-5H3/t18-,19+,20-,21+,22+,24+,25?,26-,27-/m1/s1. The SMILES string of the molecule is CC(C)CCC[C@@H](C)[C@H]1CC[C@H]2[C@@H]3CC=C4C(O)[C@@H](O)CC[C@]4(C)[C@H]3CC[C@]12C. The van der Waals surface area contributed by atoms with Crippen molar-refractivity contribution < 1.29 is 10.2 Å². The van der Waals surface area contributed by atoms with Gasteiger partial charge in [0, 0.05) is 0 Å². The van der Waals surface area contributed by atoms with Crippen molar-refractivity contribution in [3.63, 3.8) is 0 Å². The number of aliphatic hydroxyl groups is 2. The van der Waals surface area contributed by atoms with Gasteiger partial charge in [-0.05, 0) is 96.9 Å². The first-order valence-electron chi connectivity index (χ1n) is 12.7. The molecule has 0 aromatic rings. The van der Waals surface area contributed by atoms with Gasteiger partial charge in [0.2, 0.25) is 0 Å². The Kier molecular flexibility index (Phi) is 6.01. The van der Waals surface area contributed by atoms with E-state index in [1.165, 1.54) is 50.5 Å². The molecule has 0 amide bonds. The third-order valence-corrected chi connectivity index (χ3v) is 10.4. The van der Waals surface area contributed by atoms with Crippen LogP contribution in [0.1, 0.15) is 98.8 Å². The van der Waals surface area contributed by atoms with E-state index in [0.717, 1.165) is 48.9 Å². The van der Waals surface area contributed by atoms with E-state index in [4.69, 9.17) is 0 Å². The lowest BCUT2D eigenvalue weighted by Crippen LogP contribution is -2.53. The van der Waals surface area contributed by atoms with Crippen LogP contribution < -0.4 is 0 Å². The summed E-state index contributed by atoms with van der Waals surface area (Å²) >= 11 is 0. The maximum Gasteiger partial charge on any atom is 0.101 e. The van der Waals surface area contributed by atoms with Crippen LogP contribution in [0.15, 0.2) is 11.6 Å². The Balaban J connectivity index is 1.51. The van der Waals surface area contributed by atoms with Gasteiger partial charge in [-0.3, -0.25) is 0 Å². The number of allylic oxidation sites excluding steroid dienone is 1. The van der Waals surface area contributed by atoms with E-state index in [9.17, 15) is 10.2 Å². The molecule has 0 aromatic heterocycles. The molecule has 0 aromatic carbocycles. The predicted octanol–water partition coefficient (Wildman–Crippen LogP) is 6.36.